The summed E-state index contributed by atoms with van der Waals surface area (Å²) < 4.78 is 59.8. The number of nitrogens with two attached hydrogens (primary N) is 2. The van der Waals surface area contributed by atoms with Gasteiger partial charge in [0.2, 0.25) is 0 Å². The van der Waals surface area contributed by atoms with Crippen LogP contribution < -0.4 is 20.9 Å². The summed E-state index contributed by atoms with van der Waals surface area (Å²) in [5.74, 6) is 7.18. The highest BCUT2D eigenvalue weighted by molar-refractivity contribution is 9.10. The number of aliphatic imine (C=N–C) groups is 2. The molecular weight excluding hydrogens is 820 g/mol. The Labute approximate surface area is 348 Å². The van der Waals surface area contributed by atoms with Crippen LogP contribution in [0.4, 0.5) is 8.78 Å². The second-order valence-corrected chi connectivity index (χ2v) is 15.7. The van der Waals surface area contributed by atoms with Crippen molar-refractivity contribution in [1.29, 1.82) is 0 Å². The molecule has 10 nitrogen and oxygen atoms in total. The average Bonchev–Trinajstić information content (AvgIpc) is 3.23. The van der Waals surface area contributed by atoms with Crippen LogP contribution in [0, 0.1) is 30.4 Å². The second kappa shape index (κ2) is 15.4. The summed E-state index contributed by atoms with van der Waals surface area (Å²) in [5, 5.41) is 0. The van der Waals surface area contributed by atoms with Gasteiger partial charge in [-0.05, 0) is 91.6 Å². The third kappa shape index (κ3) is 6.95. The Kier molecular flexibility index (Phi) is 10.0. The number of hydrogen-bond acceptors (Lipinski definition) is 10. The molecule has 4 aromatic carbocycles. The van der Waals surface area contributed by atoms with E-state index in [0.29, 0.717) is 52.0 Å². The van der Waals surface area contributed by atoms with E-state index in [1.54, 1.807) is 19.3 Å². The van der Waals surface area contributed by atoms with Crippen LogP contribution in [-0.2, 0) is 25.3 Å². The lowest BCUT2D eigenvalue weighted by Crippen LogP contribution is -2.42. The standard InChI is InChI=1S/C29H24FN3O3.C17H14BrFN2O2/c1-2-4-18-9-22(14-32-13-18)19-6-7-26-23(10-19)29(17-35-16-27(31)33-29)24-11-21(12-25(30)28(24)36-26)20-5-3-8-34-15-20;1-9-2-3-14-11(4-9)17(8-22-7-15(20)21-17)12-5-10(18)6-13(19)16(12)23-14/h5-7,9-14H,3,8,15-17H2,1H3,(H2,31,33);2-6H,7-8H2,1H3,(H2,20,21)/t29-;17-/m00/s1. The van der Waals surface area contributed by atoms with E-state index >= 15 is 4.39 Å². The number of aryl methyl sites for hydroxylation is 1. The fraction of sp³-hybridized carbons (Fsp3) is 0.239. The Hall–Kier alpha value is -5.91. The number of fused-ring (bicyclic) bond motifs is 8. The number of benzene rings is 4. The number of amidine groups is 2. The van der Waals surface area contributed by atoms with Gasteiger partial charge < -0.3 is 35.2 Å². The van der Waals surface area contributed by atoms with Gasteiger partial charge in [0.15, 0.2) is 23.1 Å². The highest BCUT2D eigenvalue weighted by Gasteiger charge is 2.47. The monoisotopic (exact) mass is 857 g/mol. The van der Waals surface area contributed by atoms with E-state index in [0.717, 1.165) is 50.9 Å². The van der Waals surface area contributed by atoms with Crippen LogP contribution in [0.3, 0.4) is 0 Å². The predicted molar refractivity (Wildman–Crippen MR) is 224 cm³/mol. The molecule has 1 aromatic heterocycles. The first-order valence-electron chi connectivity index (χ1n) is 19.0. The molecule has 2 atom stereocenters. The number of halogens is 3. The Morgan fingerprint density at radius 2 is 1.34 bits per heavy atom. The van der Waals surface area contributed by atoms with E-state index in [-0.39, 0.29) is 37.9 Å². The lowest BCUT2D eigenvalue weighted by atomic mass is 9.78. The summed E-state index contributed by atoms with van der Waals surface area (Å²) in [6.45, 7) is 5.86. The normalized spacial score (nSPS) is 21.0. The van der Waals surface area contributed by atoms with Crippen LogP contribution in [0.2, 0.25) is 0 Å². The van der Waals surface area contributed by atoms with Gasteiger partial charge in [-0.1, -0.05) is 45.6 Å². The molecule has 0 saturated carbocycles. The fourth-order valence-corrected chi connectivity index (χ4v) is 8.63. The van der Waals surface area contributed by atoms with Crippen molar-refractivity contribution >= 4 is 33.2 Å². The molecule has 0 fully saturated rings. The number of ether oxygens (including phenoxy) is 5. The maximum absolute atomic E-state index is 15.5. The summed E-state index contributed by atoms with van der Waals surface area (Å²) in [6, 6.07) is 20.1. The average molecular weight is 859 g/mol. The molecular formula is C46H38BrF2N5O5. The van der Waals surface area contributed by atoms with E-state index in [1.807, 2.05) is 61.5 Å². The molecule has 2 spiro atoms. The molecule has 0 aliphatic carbocycles. The van der Waals surface area contributed by atoms with Gasteiger partial charge in [0.25, 0.3) is 0 Å². The number of aromatic nitrogens is 1. The topological polar surface area (TPSA) is 136 Å². The van der Waals surface area contributed by atoms with Crippen LogP contribution >= 0.6 is 15.9 Å². The van der Waals surface area contributed by atoms with Gasteiger partial charge >= 0.3 is 0 Å². The number of rotatable bonds is 2. The van der Waals surface area contributed by atoms with Crippen LogP contribution in [0.15, 0.2) is 99.7 Å². The Bertz CT molecular complexity index is 2710. The van der Waals surface area contributed by atoms with Crippen LogP contribution in [0.1, 0.15) is 52.3 Å². The van der Waals surface area contributed by atoms with Crippen LogP contribution in [0.25, 0.3) is 16.7 Å². The molecule has 4 N–H and O–H groups in total. The van der Waals surface area contributed by atoms with Crippen LogP contribution in [-0.4, -0.2) is 56.3 Å². The van der Waals surface area contributed by atoms with Crippen molar-refractivity contribution in [3.05, 3.63) is 140 Å². The van der Waals surface area contributed by atoms with Gasteiger partial charge in [0, 0.05) is 50.2 Å². The molecule has 298 valence electrons. The van der Waals surface area contributed by atoms with Gasteiger partial charge in [-0.25, -0.2) is 8.78 Å². The second-order valence-electron chi connectivity index (χ2n) is 14.8. The van der Waals surface area contributed by atoms with Crippen molar-refractivity contribution in [1.82, 2.24) is 4.98 Å². The van der Waals surface area contributed by atoms with E-state index in [9.17, 15) is 4.39 Å². The Morgan fingerprint density at radius 3 is 2.00 bits per heavy atom. The first kappa shape index (κ1) is 38.6. The zero-order chi connectivity index (χ0) is 40.9. The molecule has 0 bridgehead atoms. The predicted octanol–water partition coefficient (Wildman–Crippen LogP) is 8.43. The molecule has 5 aliphatic rings. The lowest BCUT2D eigenvalue weighted by molar-refractivity contribution is 0.109. The molecule has 5 aliphatic heterocycles. The molecule has 13 heteroatoms. The van der Waals surface area contributed by atoms with Gasteiger partial charge in [0.1, 0.15) is 47.5 Å². The van der Waals surface area contributed by atoms with Crippen LogP contribution in [0.5, 0.6) is 23.0 Å². The van der Waals surface area contributed by atoms with Gasteiger partial charge in [-0.15, -0.1) is 5.92 Å². The van der Waals surface area contributed by atoms with Crippen molar-refractivity contribution in [2.75, 3.05) is 39.6 Å². The van der Waals surface area contributed by atoms with E-state index in [4.69, 9.17) is 40.1 Å². The van der Waals surface area contributed by atoms with Gasteiger partial charge in [-0.3, -0.25) is 15.0 Å². The van der Waals surface area contributed by atoms with Crippen molar-refractivity contribution in [3.63, 3.8) is 0 Å². The molecule has 0 amide bonds. The highest BCUT2D eigenvalue weighted by atomic mass is 79.9. The maximum Gasteiger partial charge on any atom is 0.169 e. The maximum atomic E-state index is 15.5. The smallest absolute Gasteiger partial charge is 0.169 e. The quantitative estimate of drug-likeness (QED) is 0.169. The van der Waals surface area contributed by atoms with Gasteiger partial charge in [-0.2, -0.15) is 0 Å². The molecule has 5 aromatic rings. The molecule has 0 saturated heterocycles. The molecule has 59 heavy (non-hydrogen) atoms. The first-order valence-corrected chi connectivity index (χ1v) is 19.8. The lowest BCUT2D eigenvalue weighted by Gasteiger charge is -2.40. The molecule has 0 unspecified atom stereocenters. The summed E-state index contributed by atoms with van der Waals surface area (Å²) in [6.07, 6.45) is 6.38. The molecule has 0 radical (unpaired) electrons. The van der Waals surface area contributed by atoms with Crippen molar-refractivity contribution in [2.24, 2.45) is 21.5 Å². The molecule has 10 rings (SSSR count). The third-order valence-electron chi connectivity index (χ3n) is 10.8. The van der Waals surface area contributed by atoms with Crippen molar-refractivity contribution in [3.8, 4) is 46.0 Å². The summed E-state index contributed by atoms with van der Waals surface area (Å²) >= 11 is 3.34. The largest absolute Gasteiger partial charge is 0.453 e. The molecule has 6 heterocycles. The highest BCUT2D eigenvalue weighted by Crippen LogP contribution is 2.54. The van der Waals surface area contributed by atoms with Crippen molar-refractivity contribution < 1.29 is 32.5 Å². The van der Waals surface area contributed by atoms with E-state index < -0.39 is 22.7 Å². The summed E-state index contributed by atoms with van der Waals surface area (Å²) in [7, 11) is 0. The minimum Gasteiger partial charge on any atom is -0.453 e. The Morgan fingerprint density at radius 1 is 0.695 bits per heavy atom. The third-order valence-corrected chi connectivity index (χ3v) is 11.2. The number of hydrogen-bond donors (Lipinski definition) is 2. The number of pyridine rings is 1. The van der Waals surface area contributed by atoms with E-state index in [1.165, 1.54) is 12.1 Å². The van der Waals surface area contributed by atoms with Crippen molar-refractivity contribution in [2.45, 2.75) is 31.3 Å². The number of nitrogens with zero attached hydrogens (tertiary/aromatic N) is 3. The first-order chi connectivity index (χ1) is 28.6. The van der Waals surface area contributed by atoms with Gasteiger partial charge in [0.05, 0.1) is 26.4 Å². The summed E-state index contributed by atoms with van der Waals surface area (Å²) in [4.78, 5) is 13.9. The Balaban J connectivity index is 0.000000168. The SMILES string of the molecule is CC#Cc1cncc(-c2ccc3c(c2)[C@@]2(COCC(N)=N2)c2cc(C4=CCCOC4)cc(F)c2O3)c1.Cc1ccc2c(c1)[C@@]1(COCC(N)=N1)c1cc(Br)cc(F)c1O2. The zero-order valence-corrected chi connectivity index (χ0v) is 33.8. The zero-order valence-electron chi connectivity index (χ0n) is 32.2. The minimum absolute atomic E-state index is 0.139. The fourth-order valence-electron chi connectivity index (χ4n) is 8.20. The summed E-state index contributed by atoms with van der Waals surface area (Å²) in [5.41, 5.74) is 18.4. The van der Waals surface area contributed by atoms with E-state index in [2.05, 4.69) is 43.8 Å². The minimum atomic E-state index is -1.05.